The van der Waals surface area contributed by atoms with Gasteiger partial charge in [-0.3, -0.25) is 14.2 Å². The van der Waals surface area contributed by atoms with Crippen molar-refractivity contribution in [3.05, 3.63) is 46.6 Å². The van der Waals surface area contributed by atoms with Crippen molar-refractivity contribution in [2.75, 3.05) is 13.2 Å². The van der Waals surface area contributed by atoms with Crippen LogP contribution in [0.5, 0.6) is 5.75 Å². The molecular weight excluding hydrogens is 475 g/mol. The lowest BCUT2D eigenvalue weighted by Gasteiger charge is -2.36. The van der Waals surface area contributed by atoms with Crippen molar-refractivity contribution in [2.24, 2.45) is 12.0 Å². The predicted molar refractivity (Wildman–Crippen MR) is 127 cm³/mol. The van der Waals surface area contributed by atoms with E-state index in [0.29, 0.717) is 31.5 Å². The molecule has 10 heteroatoms. The summed E-state index contributed by atoms with van der Waals surface area (Å²) in [6, 6.07) is 4.55. The molecule has 2 fully saturated rings. The first-order valence-corrected chi connectivity index (χ1v) is 12.3. The predicted octanol–water partition coefficient (Wildman–Crippen LogP) is 4.36. The first-order chi connectivity index (χ1) is 16.8. The minimum Gasteiger partial charge on any atom is -0.490 e. The molecule has 198 valence electrons. The van der Waals surface area contributed by atoms with Gasteiger partial charge in [0.05, 0.1) is 29.4 Å². The Kier molecular flexibility index (Phi) is 7.13. The van der Waals surface area contributed by atoms with Crippen molar-refractivity contribution in [1.82, 2.24) is 9.36 Å². The van der Waals surface area contributed by atoms with Crippen molar-refractivity contribution < 1.29 is 32.5 Å². The molecule has 1 saturated carbocycles. The molecule has 36 heavy (non-hydrogen) atoms. The summed E-state index contributed by atoms with van der Waals surface area (Å²) < 4.78 is 55.6. The fourth-order valence-corrected chi connectivity index (χ4v) is 4.67. The molecule has 1 aliphatic carbocycles. The van der Waals surface area contributed by atoms with Crippen molar-refractivity contribution >= 4 is 5.91 Å². The third kappa shape index (κ3) is 5.70. The Bertz CT molecular complexity index is 1180. The van der Waals surface area contributed by atoms with E-state index in [2.05, 4.69) is 4.99 Å². The molecule has 0 spiro atoms. The number of hydrogen-bond donors (Lipinski definition) is 1. The van der Waals surface area contributed by atoms with Crippen LogP contribution in [0.2, 0.25) is 0 Å². The van der Waals surface area contributed by atoms with Gasteiger partial charge in [-0.25, -0.2) is 0 Å². The maximum absolute atomic E-state index is 13.5. The van der Waals surface area contributed by atoms with Gasteiger partial charge in [-0.05, 0) is 50.3 Å². The molecule has 4 rings (SSSR count). The summed E-state index contributed by atoms with van der Waals surface area (Å²) in [5.74, 6) is -0.876. The summed E-state index contributed by atoms with van der Waals surface area (Å²) in [6.07, 6.45) is -0.894. The van der Waals surface area contributed by atoms with Crippen LogP contribution in [0.1, 0.15) is 74.5 Å². The second-order valence-corrected chi connectivity index (χ2v) is 10.9. The molecule has 1 aromatic heterocycles. The number of nitrogens with zero attached hydrogens (tertiary/aromatic N) is 3. The first kappa shape index (κ1) is 26.5. The lowest BCUT2D eigenvalue weighted by Crippen LogP contribution is -2.42. The molecule has 2 aliphatic rings. The summed E-state index contributed by atoms with van der Waals surface area (Å²) in [4.78, 5) is 17.6. The number of amides is 1. The van der Waals surface area contributed by atoms with Gasteiger partial charge in [0.2, 0.25) is 0 Å². The highest BCUT2D eigenvalue weighted by atomic mass is 19.4. The summed E-state index contributed by atoms with van der Waals surface area (Å²) in [5, 5.41) is 10.4. The third-order valence-electron chi connectivity index (χ3n) is 6.94. The molecule has 1 atom stereocenters. The molecule has 1 saturated heterocycles. The van der Waals surface area contributed by atoms with Crippen LogP contribution in [0.25, 0.3) is 0 Å². The summed E-state index contributed by atoms with van der Waals surface area (Å²) in [6.45, 7) is 7.15. The monoisotopic (exact) mass is 509 g/mol. The van der Waals surface area contributed by atoms with E-state index < -0.39 is 23.2 Å². The van der Waals surface area contributed by atoms with Gasteiger partial charge in [0, 0.05) is 30.8 Å². The van der Waals surface area contributed by atoms with Crippen LogP contribution in [0.4, 0.5) is 13.2 Å². The third-order valence-corrected chi connectivity index (χ3v) is 6.94. The lowest BCUT2D eigenvalue weighted by atomic mass is 9.81. The van der Waals surface area contributed by atoms with Gasteiger partial charge in [0.1, 0.15) is 12.4 Å². The maximum atomic E-state index is 13.5. The van der Waals surface area contributed by atoms with Crippen LogP contribution in [0, 0.1) is 0 Å². The molecule has 0 unspecified atom stereocenters. The Hall–Kier alpha value is -2.59. The quantitative estimate of drug-likeness (QED) is 0.628. The molecule has 1 N–H and O–H groups in total. The number of ether oxygens (including phenoxy) is 2. The Morgan fingerprint density at radius 3 is 2.50 bits per heavy atom. The standard InChI is InChI=1S/C26H34F3N3O4/c1-24(2,3)21-14-22(32(31(21)4)15-18-7-5-12-35-18)30-23(33)19-13-17(26(27,28)29)8-9-20(19)36-16-25(34)10-6-11-25/h8-9,13-14,18,34H,5-7,10-12,15-16H2,1-4H3/t18-/m1/s1. The van der Waals surface area contributed by atoms with Crippen LogP contribution in [0.15, 0.2) is 29.3 Å². The van der Waals surface area contributed by atoms with Crippen molar-refractivity contribution in [2.45, 2.75) is 82.7 Å². The highest BCUT2D eigenvalue weighted by Gasteiger charge is 2.36. The summed E-state index contributed by atoms with van der Waals surface area (Å²) in [7, 11) is 1.87. The topological polar surface area (TPSA) is 78.0 Å². The van der Waals surface area contributed by atoms with E-state index in [9.17, 15) is 23.1 Å². The molecular formula is C26H34F3N3O4. The smallest absolute Gasteiger partial charge is 0.416 e. The van der Waals surface area contributed by atoms with Crippen LogP contribution >= 0.6 is 0 Å². The van der Waals surface area contributed by atoms with E-state index in [0.717, 1.165) is 43.2 Å². The zero-order chi connectivity index (χ0) is 26.3. The average molecular weight is 510 g/mol. The molecule has 7 nitrogen and oxygen atoms in total. The minimum absolute atomic E-state index is 0.0313. The van der Waals surface area contributed by atoms with Crippen molar-refractivity contribution in [3.63, 3.8) is 0 Å². The number of aliphatic hydroxyl groups is 1. The Labute approximate surface area is 208 Å². The van der Waals surface area contributed by atoms with E-state index in [-0.39, 0.29) is 29.4 Å². The van der Waals surface area contributed by atoms with E-state index in [1.165, 1.54) is 0 Å². The van der Waals surface area contributed by atoms with E-state index in [1.54, 1.807) is 6.07 Å². The molecule has 2 heterocycles. The Morgan fingerprint density at radius 2 is 1.94 bits per heavy atom. The Balaban J connectivity index is 1.75. The lowest BCUT2D eigenvalue weighted by molar-refractivity contribution is -0.137. The fraction of sp³-hybridized carbons (Fsp3) is 0.615. The Morgan fingerprint density at radius 1 is 1.22 bits per heavy atom. The van der Waals surface area contributed by atoms with E-state index >= 15 is 0 Å². The number of carbonyl (C=O) groups is 1. The number of halogens is 3. The number of hydrogen-bond acceptors (Lipinski definition) is 4. The van der Waals surface area contributed by atoms with Gasteiger partial charge in [-0.1, -0.05) is 20.8 Å². The van der Waals surface area contributed by atoms with Gasteiger partial charge in [-0.15, -0.1) is 0 Å². The van der Waals surface area contributed by atoms with E-state index in [4.69, 9.17) is 9.47 Å². The molecule has 1 aromatic carbocycles. The molecule has 0 bridgehead atoms. The second kappa shape index (κ2) is 9.70. The average Bonchev–Trinajstić information content (AvgIpc) is 3.39. The zero-order valence-corrected chi connectivity index (χ0v) is 21.2. The summed E-state index contributed by atoms with van der Waals surface area (Å²) in [5.41, 5.74) is -1.29. The number of carbonyl (C=O) groups excluding carboxylic acids is 1. The normalized spacial score (nSPS) is 20.4. The molecule has 1 amide bonds. The number of benzene rings is 1. The van der Waals surface area contributed by atoms with Crippen LogP contribution in [-0.2, 0) is 29.9 Å². The first-order valence-electron chi connectivity index (χ1n) is 12.3. The van der Waals surface area contributed by atoms with Crippen LogP contribution in [-0.4, -0.2) is 45.3 Å². The SMILES string of the molecule is Cn1c(C(C)(C)C)cc(=NC(=O)c2cc(C(F)(F)F)ccc2OCC2(O)CCC2)n1C[C@H]1CCCO1. The van der Waals surface area contributed by atoms with Gasteiger partial charge in [0.15, 0.2) is 5.49 Å². The summed E-state index contributed by atoms with van der Waals surface area (Å²) >= 11 is 0. The molecule has 2 aromatic rings. The highest BCUT2D eigenvalue weighted by Crippen LogP contribution is 2.35. The van der Waals surface area contributed by atoms with Crippen LogP contribution in [0.3, 0.4) is 0 Å². The van der Waals surface area contributed by atoms with Crippen molar-refractivity contribution in [3.8, 4) is 5.75 Å². The van der Waals surface area contributed by atoms with E-state index in [1.807, 2.05) is 37.2 Å². The molecule has 1 aliphatic heterocycles. The van der Waals surface area contributed by atoms with Crippen LogP contribution < -0.4 is 10.2 Å². The number of alkyl halides is 3. The minimum atomic E-state index is -4.63. The van der Waals surface area contributed by atoms with Gasteiger partial charge < -0.3 is 14.6 Å². The van der Waals surface area contributed by atoms with Crippen molar-refractivity contribution in [1.29, 1.82) is 0 Å². The maximum Gasteiger partial charge on any atom is 0.416 e. The number of aromatic nitrogens is 2. The second-order valence-electron chi connectivity index (χ2n) is 10.9. The molecule has 0 radical (unpaired) electrons. The largest absolute Gasteiger partial charge is 0.490 e. The van der Waals surface area contributed by atoms with Gasteiger partial charge >= 0.3 is 6.18 Å². The van der Waals surface area contributed by atoms with Gasteiger partial charge in [-0.2, -0.15) is 18.2 Å². The zero-order valence-electron chi connectivity index (χ0n) is 21.2. The number of rotatable bonds is 6. The fourth-order valence-electron chi connectivity index (χ4n) is 4.67. The van der Waals surface area contributed by atoms with Gasteiger partial charge in [0.25, 0.3) is 5.91 Å². The highest BCUT2D eigenvalue weighted by molar-refractivity contribution is 5.97.